The van der Waals surface area contributed by atoms with Crippen molar-refractivity contribution < 1.29 is 5.11 Å². The summed E-state index contributed by atoms with van der Waals surface area (Å²) < 4.78 is 0. The van der Waals surface area contributed by atoms with E-state index in [1.807, 2.05) is 19.1 Å². The monoisotopic (exact) mass is 244 g/mol. The van der Waals surface area contributed by atoms with E-state index in [4.69, 9.17) is 11.6 Å². The van der Waals surface area contributed by atoms with Gasteiger partial charge in [0.05, 0.1) is 6.61 Å². The first-order valence-corrected chi connectivity index (χ1v) is 6.34. The predicted octanol–water partition coefficient (Wildman–Crippen LogP) is 3.76. The van der Waals surface area contributed by atoms with Crippen molar-refractivity contribution in [3.63, 3.8) is 0 Å². The fourth-order valence-electron chi connectivity index (χ4n) is 1.25. The molecule has 84 valence electrons. The van der Waals surface area contributed by atoms with E-state index in [2.05, 4.69) is 19.9 Å². The van der Waals surface area contributed by atoms with Crippen molar-refractivity contribution >= 4 is 23.4 Å². The molecule has 15 heavy (non-hydrogen) atoms. The summed E-state index contributed by atoms with van der Waals surface area (Å²) in [5.41, 5.74) is 1.09. The van der Waals surface area contributed by atoms with Gasteiger partial charge in [-0.2, -0.15) is 0 Å². The molecule has 1 aromatic rings. The van der Waals surface area contributed by atoms with E-state index >= 15 is 0 Å². The molecule has 0 bridgehead atoms. The Morgan fingerprint density at radius 1 is 1.40 bits per heavy atom. The van der Waals surface area contributed by atoms with Gasteiger partial charge in [0.25, 0.3) is 0 Å². The molecule has 0 aromatic heterocycles. The van der Waals surface area contributed by atoms with Crippen molar-refractivity contribution in [1.82, 2.24) is 0 Å². The lowest BCUT2D eigenvalue weighted by atomic mass is 10.1. The molecule has 1 aromatic carbocycles. The van der Waals surface area contributed by atoms with Crippen molar-refractivity contribution in [2.45, 2.75) is 30.9 Å². The molecular formula is C12H17ClOS. The summed E-state index contributed by atoms with van der Waals surface area (Å²) in [6, 6.07) is 5.98. The summed E-state index contributed by atoms with van der Waals surface area (Å²) in [6.45, 7) is 6.45. The lowest BCUT2D eigenvalue weighted by molar-refractivity contribution is 0.275. The average molecular weight is 245 g/mol. The Labute approximate surface area is 101 Å². The van der Waals surface area contributed by atoms with Crippen LogP contribution < -0.4 is 0 Å². The van der Waals surface area contributed by atoms with Gasteiger partial charge in [0.2, 0.25) is 0 Å². The molecule has 0 radical (unpaired) electrons. The van der Waals surface area contributed by atoms with E-state index in [-0.39, 0.29) is 11.9 Å². The van der Waals surface area contributed by atoms with Crippen molar-refractivity contribution in [1.29, 1.82) is 0 Å². The Morgan fingerprint density at radius 3 is 2.53 bits per heavy atom. The van der Waals surface area contributed by atoms with Crippen LogP contribution in [0.1, 0.15) is 19.4 Å². The van der Waals surface area contributed by atoms with E-state index < -0.39 is 0 Å². The highest BCUT2D eigenvalue weighted by atomic mass is 35.5. The van der Waals surface area contributed by atoms with Gasteiger partial charge in [-0.15, -0.1) is 11.8 Å². The molecule has 1 N–H and O–H groups in total. The van der Waals surface area contributed by atoms with Crippen LogP contribution in [0.2, 0.25) is 5.02 Å². The minimum Gasteiger partial charge on any atom is -0.395 e. The standard InChI is InChI=1S/C12H17ClOS/c1-8(2)12(7-14)15-10-4-5-11(13)9(3)6-10/h4-6,8,12,14H,7H2,1-3H3. The number of hydrogen-bond donors (Lipinski definition) is 1. The summed E-state index contributed by atoms with van der Waals surface area (Å²) in [5.74, 6) is 0.469. The summed E-state index contributed by atoms with van der Waals surface area (Å²) in [4.78, 5) is 1.17. The Kier molecular flexibility index (Phi) is 4.97. The number of hydrogen-bond acceptors (Lipinski definition) is 2. The highest BCUT2D eigenvalue weighted by Gasteiger charge is 2.13. The van der Waals surface area contributed by atoms with Crippen LogP contribution in [0.15, 0.2) is 23.1 Å². The van der Waals surface area contributed by atoms with Crippen molar-refractivity contribution in [2.24, 2.45) is 5.92 Å². The van der Waals surface area contributed by atoms with E-state index in [1.165, 1.54) is 4.90 Å². The fourth-order valence-corrected chi connectivity index (χ4v) is 2.45. The molecule has 0 aliphatic heterocycles. The first-order chi connectivity index (χ1) is 7.04. The number of halogens is 1. The fraction of sp³-hybridized carbons (Fsp3) is 0.500. The zero-order chi connectivity index (χ0) is 11.4. The topological polar surface area (TPSA) is 20.2 Å². The summed E-state index contributed by atoms with van der Waals surface area (Å²) in [6.07, 6.45) is 0. The van der Waals surface area contributed by atoms with Gasteiger partial charge in [0, 0.05) is 15.2 Å². The van der Waals surface area contributed by atoms with Gasteiger partial charge in [-0.05, 0) is 36.6 Å². The molecule has 0 heterocycles. The number of rotatable bonds is 4. The zero-order valence-electron chi connectivity index (χ0n) is 9.33. The van der Waals surface area contributed by atoms with Gasteiger partial charge in [-0.25, -0.2) is 0 Å². The molecular weight excluding hydrogens is 228 g/mol. The number of aliphatic hydroxyl groups excluding tert-OH is 1. The summed E-state index contributed by atoms with van der Waals surface area (Å²) >= 11 is 7.67. The SMILES string of the molecule is Cc1cc(SC(CO)C(C)C)ccc1Cl. The van der Waals surface area contributed by atoms with Crippen LogP contribution in [-0.4, -0.2) is 17.0 Å². The highest BCUT2D eigenvalue weighted by molar-refractivity contribution is 8.00. The Hall–Kier alpha value is -0.180. The molecule has 0 aliphatic carbocycles. The Balaban J connectivity index is 2.75. The zero-order valence-corrected chi connectivity index (χ0v) is 10.9. The third kappa shape index (κ3) is 3.71. The third-order valence-electron chi connectivity index (χ3n) is 2.34. The minimum atomic E-state index is 0.212. The van der Waals surface area contributed by atoms with Crippen LogP contribution in [0.25, 0.3) is 0 Å². The lowest BCUT2D eigenvalue weighted by Crippen LogP contribution is -2.15. The Bertz CT molecular complexity index is 325. The summed E-state index contributed by atoms with van der Waals surface area (Å²) in [5, 5.41) is 10.3. The van der Waals surface area contributed by atoms with E-state index in [0.29, 0.717) is 5.92 Å². The second-order valence-electron chi connectivity index (χ2n) is 3.99. The Morgan fingerprint density at radius 2 is 2.07 bits per heavy atom. The minimum absolute atomic E-state index is 0.212. The van der Waals surface area contributed by atoms with Gasteiger partial charge in [0.1, 0.15) is 0 Å². The smallest absolute Gasteiger partial charge is 0.0556 e. The number of thioether (sulfide) groups is 1. The maximum Gasteiger partial charge on any atom is 0.0556 e. The van der Waals surface area contributed by atoms with Crippen LogP contribution in [0, 0.1) is 12.8 Å². The van der Waals surface area contributed by atoms with Crippen molar-refractivity contribution in [3.8, 4) is 0 Å². The molecule has 3 heteroatoms. The van der Waals surface area contributed by atoms with Crippen molar-refractivity contribution in [3.05, 3.63) is 28.8 Å². The van der Waals surface area contributed by atoms with Crippen molar-refractivity contribution in [2.75, 3.05) is 6.61 Å². The normalized spacial score (nSPS) is 13.2. The van der Waals surface area contributed by atoms with Crippen LogP contribution in [0.3, 0.4) is 0 Å². The van der Waals surface area contributed by atoms with Crippen LogP contribution in [0.4, 0.5) is 0 Å². The van der Waals surface area contributed by atoms with E-state index in [0.717, 1.165) is 10.6 Å². The maximum atomic E-state index is 9.23. The molecule has 1 atom stereocenters. The predicted molar refractivity (Wildman–Crippen MR) is 67.8 cm³/mol. The van der Waals surface area contributed by atoms with Crippen LogP contribution >= 0.6 is 23.4 Å². The molecule has 1 unspecified atom stereocenters. The molecule has 0 amide bonds. The molecule has 0 saturated carbocycles. The van der Waals surface area contributed by atoms with E-state index in [1.54, 1.807) is 11.8 Å². The number of aliphatic hydroxyl groups is 1. The third-order valence-corrected chi connectivity index (χ3v) is 4.29. The van der Waals surface area contributed by atoms with Gasteiger partial charge < -0.3 is 5.11 Å². The van der Waals surface area contributed by atoms with E-state index in [9.17, 15) is 5.11 Å². The van der Waals surface area contributed by atoms with Gasteiger partial charge in [0.15, 0.2) is 0 Å². The average Bonchev–Trinajstić information content (AvgIpc) is 2.19. The van der Waals surface area contributed by atoms with Gasteiger partial charge in [-0.1, -0.05) is 25.4 Å². The molecule has 0 spiro atoms. The second-order valence-corrected chi connectivity index (χ2v) is 5.71. The molecule has 0 aliphatic rings. The molecule has 1 nitrogen and oxygen atoms in total. The maximum absolute atomic E-state index is 9.23. The van der Waals surface area contributed by atoms with Gasteiger partial charge >= 0.3 is 0 Å². The lowest BCUT2D eigenvalue weighted by Gasteiger charge is -2.17. The quantitative estimate of drug-likeness (QED) is 0.814. The first kappa shape index (κ1) is 12.9. The number of benzene rings is 1. The van der Waals surface area contributed by atoms with Crippen LogP contribution in [-0.2, 0) is 0 Å². The van der Waals surface area contributed by atoms with Crippen LogP contribution in [0.5, 0.6) is 0 Å². The highest BCUT2D eigenvalue weighted by Crippen LogP contribution is 2.30. The second kappa shape index (κ2) is 5.78. The number of aryl methyl sites for hydroxylation is 1. The van der Waals surface area contributed by atoms with Gasteiger partial charge in [-0.3, -0.25) is 0 Å². The summed E-state index contributed by atoms with van der Waals surface area (Å²) in [7, 11) is 0. The molecule has 0 saturated heterocycles. The largest absolute Gasteiger partial charge is 0.395 e. The molecule has 0 fully saturated rings. The molecule has 1 rings (SSSR count). The first-order valence-electron chi connectivity index (χ1n) is 5.08.